The molecule has 2 heterocycles. The van der Waals surface area contributed by atoms with Crippen LogP contribution in [0.3, 0.4) is 0 Å². The van der Waals surface area contributed by atoms with Crippen LogP contribution >= 0.6 is 22.9 Å². The highest BCUT2D eigenvalue weighted by atomic mass is 35.5. The van der Waals surface area contributed by atoms with Crippen molar-refractivity contribution in [2.45, 2.75) is 6.42 Å². The number of ketones is 1. The Morgan fingerprint density at radius 1 is 1.35 bits per heavy atom. The van der Waals surface area contributed by atoms with Crippen LogP contribution in [-0.4, -0.2) is 15.2 Å². The van der Waals surface area contributed by atoms with Crippen LogP contribution < -0.4 is 0 Å². The summed E-state index contributed by atoms with van der Waals surface area (Å²) < 4.78 is 1.91. The Hall–Kier alpha value is -1.91. The zero-order chi connectivity index (χ0) is 13.7. The standard InChI is InChI=1S/C15H9ClN2OS/c16-14-12(18-5-6-20-15(18)17-14)8-10-7-9-3-1-2-4-11(9)13(10)19/h1-6,8H,7H2/b10-8+. The number of benzene rings is 1. The van der Waals surface area contributed by atoms with Gasteiger partial charge in [0, 0.05) is 29.1 Å². The molecule has 5 heteroatoms. The molecule has 1 aliphatic carbocycles. The molecule has 0 aliphatic heterocycles. The lowest BCUT2D eigenvalue weighted by Gasteiger charge is -1.96. The van der Waals surface area contributed by atoms with E-state index in [0.717, 1.165) is 27.4 Å². The van der Waals surface area contributed by atoms with E-state index in [1.54, 1.807) is 0 Å². The highest BCUT2D eigenvalue weighted by Gasteiger charge is 2.25. The van der Waals surface area contributed by atoms with Gasteiger partial charge in [0.1, 0.15) is 0 Å². The van der Waals surface area contributed by atoms with E-state index in [1.807, 2.05) is 46.3 Å². The van der Waals surface area contributed by atoms with Crippen LogP contribution in [0.2, 0.25) is 5.15 Å². The van der Waals surface area contributed by atoms with Crippen LogP contribution in [0, 0.1) is 0 Å². The summed E-state index contributed by atoms with van der Waals surface area (Å²) >= 11 is 7.69. The van der Waals surface area contributed by atoms with E-state index in [9.17, 15) is 4.79 Å². The van der Waals surface area contributed by atoms with E-state index in [-0.39, 0.29) is 5.78 Å². The molecular formula is C15H9ClN2OS. The molecule has 0 spiro atoms. The Balaban J connectivity index is 1.85. The minimum atomic E-state index is 0.0850. The molecule has 0 bridgehead atoms. The van der Waals surface area contributed by atoms with Gasteiger partial charge in [-0.2, -0.15) is 0 Å². The number of carbonyl (C=O) groups excluding carboxylic acids is 1. The summed E-state index contributed by atoms with van der Waals surface area (Å²) in [5.41, 5.74) is 3.41. The number of hydrogen-bond acceptors (Lipinski definition) is 3. The first-order valence-corrected chi connectivity index (χ1v) is 7.44. The lowest BCUT2D eigenvalue weighted by Crippen LogP contribution is -1.96. The van der Waals surface area contributed by atoms with Crippen molar-refractivity contribution in [1.82, 2.24) is 9.38 Å². The van der Waals surface area contributed by atoms with Crippen molar-refractivity contribution in [3.8, 4) is 0 Å². The zero-order valence-electron chi connectivity index (χ0n) is 10.3. The molecule has 20 heavy (non-hydrogen) atoms. The smallest absolute Gasteiger partial charge is 0.195 e. The number of nitrogens with zero attached hydrogens (tertiary/aromatic N) is 2. The van der Waals surface area contributed by atoms with Gasteiger partial charge in [0.15, 0.2) is 15.9 Å². The van der Waals surface area contributed by atoms with Crippen molar-refractivity contribution in [3.63, 3.8) is 0 Å². The summed E-state index contributed by atoms with van der Waals surface area (Å²) in [5.74, 6) is 0.0850. The fourth-order valence-electron chi connectivity index (χ4n) is 2.54. The van der Waals surface area contributed by atoms with E-state index in [1.165, 1.54) is 11.3 Å². The van der Waals surface area contributed by atoms with Crippen LogP contribution in [0.5, 0.6) is 0 Å². The normalized spacial score (nSPS) is 16.2. The molecule has 1 aromatic carbocycles. The topological polar surface area (TPSA) is 34.4 Å². The monoisotopic (exact) mass is 300 g/mol. The van der Waals surface area contributed by atoms with E-state index in [2.05, 4.69) is 4.98 Å². The van der Waals surface area contributed by atoms with Gasteiger partial charge in [0.25, 0.3) is 0 Å². The van der Waals surface area contributed by atoms with E-state index >= 15 is 0 Å². The fraction of sp³-hybridized carbons (Fsp3) is 0.0667. The van der Waals surface area contributed by atoms with Gasteiger partial charge in [-0.15, -0.1) is 11.3 Å². The molecule has 4 rings (SSSR count). The number of halogens is 1. The number of imidazole rings is 1. The first kappa shape index (κ1) is 11.9. The molecule has 0 N–H and O–H groups in total. The highest BCUT2D eigenvalue weighted by molar-refractivity contribution is 7.15. The van der Waals surface area contributed by atoms with Crippen molar-refractivity contribution in [2.75, 3.05) is 0 Å². The SMILES string of the molecule is O=C1/C(=C/c2c(Cl)nc3sccn23)Cc2ccccc21. The van der Waals surface area contributed by atoms with Gasteiger partial charge in [0.2, 0.25) is 0 Å². The Morgan fingerprint density at radius 2 is 2.20 bits per heavy atom. The molecule has 0 radical (unpaired) electrons. The van der Waals surface area contributed by atoms with Gasteiger partial charge in [0.05, 0.1) is 5.69 Å². The van der Waals surface area contributed by atoms with Gasteiger partial charge in [-0.1, -0.05) is 35.9 Å². The number of Topliss-reactive ketones (excluding diaryl/α,β-unsaturated/α-hetero) is 1. The van der Waals surface area contributed by atoms with Gasteiger partial charge < -0.3 is 0 Å². The summed E-state index contributed by atoms with van der Waals surface area (Å²) in [6.07, 6.45) is 4.43. The number of rotatable bonds is 1. The zero-order valence-corrected chi connectivity index (χ0v) is 11.9. The van der Waals surface area contributed by atoms with Gasteiger partial charge in [-0.05, 0) is 11.6 Å². The Morgan fingerprint density at radius 3 is 3.05 bits per heavy atom. The van der Waals surface area contributed by atoms with Crippen LogP contribution in [0.25, 0.3) is 11.0 Å². The maximum absolute atomic E-state index is 12.4. The molecule has 0 unspecified atom stereocenters. The summed E-state index contributed by atoms with van der Waals surface area (Å²) in [6.45, 7) is 0. The predicted octanol–water partition coefficient (Wildman–Crippen LogP) is 3.87. The average molecular weight is 301 g/mol. The van der Waals surface area contributed by atoms with Crippen LogP contribution in [0.1, 0.15) is 21.6 Å². The lowest BCUT2D eigenvalue weighted by molar-refractivity contribution is 0.104. The number of aromatic nitrogens is 2. The van der Waals surface area contributed by atoms with Crippen molar-refractivity contribution in [2.24, 2.45) is 0 Å². The molecule has 1 aliphatic rings. The Kier molecular flexibility index (Phi) is 2.55. The third kappa shape index (κ3) is 1.65. The third-order valence-electron chi connectivity index (χ3n) is 3.50. The number of thiazole rings is 1. The number of hydrogen-bond donors (Lipinski definition) is 0. The molecule has 0 amide bonds. The second-order valence-corrected chi connectivity index (χ2v) is 5.91. The summed E-state index contributed by atoms with van der Waals surface area (Å²) in [7, 11) is 0. The largest absolute Gasteiger partial charge is 0.289 e. The summed E-state index contributed by atoms with van der Waals surface area (Å²) in [4.78, 5) is 17.5. The summed E-state index contributed by atoms with van der Waals surface area (Å²) in [5, 5.41) is 2.39. The molecule has 2 aromatic heterocycles. The maximum Gasteiger partial charge on any atom is 0.195 e. The molecule has 3 aromatic rings. The first-order chi connectivity index (χ1) is 9.74. The molecule has 0 saturated heterocycles. The first-order valence-electron chi connectivity index (χ1n) is 6.18. The predicted molar refractivity (Wildman–Crippen MR) is 80.5 cm³/mol. The van der Waals surface area contributed by atoms with Crippen molar-refractivity contribution in [1.29, 1.82) is 0 Å². The Labute approximate surface area is 124 Å². The molecule has 0 atom stereocenters. The average Bonchev–Trinajstić information content (AvgIpc) is 3.08. The lowest BCUT2D eigenvalue weighted by atomic mass is 10.1. The fourth-order valence-corrected chi connectivity index (χ4v) is 3.54. The minimum absolute atomic E-state index is 0.0850. The third-order valence-corrected chi connectivity index (χ3v) is 4.53. The number of carbonyl (C=O) groups is 1. The Bertz CT molecular complexity index is 875. The second kappa shape index (κ2) is 4.30. The molecule has 98 valence electrons. The van der Waals surface area contributed by atoms with E-state index in [0.29, 0.717) is 11.6 Å². The van der Waals surface area contributed by atoms with Crippen LogP contribution in [0.4, 0.5) is 0 Å². The van der Waals surface area contributed by atoms with Gasteiger partial charge in [-0.25, -0.2) is 4.98 Å². The maximum atomic E-state index is 12.4. The van der Waals surface area contributed by atoms with Crippen LogP contribution in [-0.2, 0) is 6.42 Å². The summed E-state index contributed by atoms with van der Waals surface area (Å²) in [6, 6.07) is 7.71. The van der Waals surface area contributed by atoms with Crippen molar-refractivity contribution in [3.05, 3.63) is 63.4 Å². The van der Waals surface area contributed by atoms with E-state index in [4.69, 9.17) is 11.6 Å². The molecule has 0 saturated carbocycles. The van der Waals surface area contributed by atoms with Crippen LogP contribution in [0.15, 0.2) is 41.4 Å². The number of allylic oxidation sites excluding steroid dienone is 1. The molecule has 0 fully saturated rings. The van der Waals surface area contributed by atoms with Crippen molar-refractivity contribution < 1.29 is 4.79 Å². The van der Waals surface area contributed by atoms with Crippen molar-refractivity contribution >= 4 is 39.8 Å². The number of fused-ring (bicyclic) bond motifs is 2. The molecular weight excluding hydrogens is 292 g/mol. The molecule has 3 nitrogen and oxygen atoms in total. The highest BCUT2D eigenvalue weighted by Crippen LogP contribution is 2.30. The van der Waals surface area contributed by atoms with Gasteiger partial charge in [-0.3, -0.25) is 9.20 Å². The minimum Gasteiger partial charge on any atom is -0.289 e. The quantitative estimate of drug-likeness (QED) is 0.639. The van der Waals surface area contributed by atoms with Gasteiger partial charge >= 0.3 is 0 Å². The van der Waals surface area contributed by atoms with E-state index < -0.39 is 0 Å². The second-order valence-electron chi connectivity index (χ2n) is 4.68.